The van der Waals surface area contributed by atoms with Crippen molar-refractivity contribution in [1.82, 2.24) is 15.1 Å². The molecule has 0 spiro atoms. The van der Waals surface area contributed by atoms with Crippen LogP contribution in [-0.4, -0.2) is 62.5 Å². The first-order chi connectivity index (χ1) is 6.33. The van der Waals surface area contributed by atoms with Gasteiger partial charge in [-0.25, -0.2) is 0 Å². The van der Waals surface area contributed by atoms with Crippen molar-refractivity contribution >= 4 is 6.41 Å². The molecular weight excluding hydrogens is 166 g/mol. The lowest BCUT2D eigenvalue weighted by atomic mass is 10.3. The predicted octanol–water partition coefficient (Wildman–Crippen LogP) is -0.630. The zero-order chi connectivity index (χ0) is 9.52. The smallest absolute Gasteiger partial charge is 0.209 e. The monoisotopic (exact) mass is 185 g/mol. The van der Waals surface area contributed by atoms with Crippen LogP contribution in [0.25, 0.3) is 0 Å². The summed E-state index contributed by atoms with van der Waals surface area (Å²) in [4.78, 5) is 14.2. The largest absolute Gasteiger partial charge is 0.343 e. The quantitative estimate of drug-likeness (QED) is 0.553. The van der Waals surface area contributed by atoms with Crippen LogP contribution in [-0.2, 0) is 4.79 Å². The molecular formula is C9H19N3O. The van der Waals surface area contributed by atoms with Crippen molar-refractivity contribution < 1.29 is 4.79 Å². The summed E-state index contributed by atoms with van der Waals surface area (Å²) in [5, 5.41) is 3.11. The van der Waals surface area contributed by atoms with Crippen molar-refractivity contribution in [3.05, 3.63) is 0 Å². The van der Waals surface area contributed by atoms with Gasteiger partial charge < -0.3 is 15.1 Å². The number of hydrogen-bond acceptors (Lipinski definition) is 3. The number of nitrogens with one attached hydrogen (secondary N) is 1. The zero-order valence-electron chi connectivity index (χ0n) is 8.33. The average Bonchev–Trinajstić information content (AvgIpc) is 2.03. The molecule has 2 saturated heterocycles. The molecule has 0 bridgehead atoms. The lowest BCUT2D eigenvalue weighted by Gasteiger charge is -2.29. The first-order valence-corrected chi connectivity index (χ1v) is 4.91. The van der Waals surface area contributed by atoms with E-state index in [1.165, 1.54) is 19.5 Å². The van der Waals surface area contributed by atoms with Gasteiger partial charge in [-0.3, -0.25) is 4.79 Å². The van der Waals surface area contributed by atoms with Crippen LogP contribution in [0.1, 0.15) is 6.42 Å². The van der Waals surface area contributed by atoms with Gasteiger partial charge in [-0.1, -0.05) is 0 Å². The highest BCUT2D eigenvalue weighted by molar-refractivity contribution is 5.47. The third-order valence-electron chi connectivity index (χ3n) is 2.39. The van der Waals surface area contributed by atoms with Crippen LogP contribution in [0.15, 0.2) is 0 Å². The Morgan fingerprint density at radius 2 is 1.62 bits per heavy atom. The summed E-state index contributed by atoms with van der Waals surface area (Å²) in [6, 6.07) is 0. The van der Waals surface area contributed by atoms with E-state index < -0.39 is 0 Å². The van der Waals surface area contributed by atoms with E-state index in [0.717, 1.165) is 32.6 Å². The fraction of sp³-hybridized carbons (Fsp3) is 0.889. The summed E-state index contributed by atoms with van der Waals surface area (Å²) < 4.78 is 0. The van der Waals surface area contributed by atoms with E-state index in [1.54, 1.807) is 4.90 Å². The molecule has 1 N–H and O–H groups in total. The average molecular weight is 185 g/mol. The maximum absolute atomic E-state index is 10.2. The fourth-order valence-corrected chi connectivity index (χ4v) is 1.10. The van der Waals surface area contributed by atoms with Crippen molar-refractivity contribution in [3.8, 4) is 0 Å². The lowest BCUT2D eigenvalue weighted by molar-refractivity contribution is -0.119. The Bertz CT molecular complexity index is 136. The standard InChI is InChI=1S/C6H12N2O.C3H7N/c1-7-2-4-8(6-9)5-3-7;1-2-4-3-1/h6H,2-5H2,1H3;4H,1-3H2. The van der Waals surface area contributed by atoms with Gasteiger partial charge in [-0.15, -0.1) is 0 Å². The molecule has 76 valence electrons. The van der Waals surface area contributed by atoms with Crippen LogP contribution < -0.4 is 5.32 Å². The van der Waals surface area contributed by atoms with Gasteiger partial charge in [0.15, 0.2) is 0 Å². The molecule has 0 unspecified atom stereocenters. The minimum Gasteiger partial charge on any atom is -0.343 e. The van der Waals surface area contributed by atoms with E-state index >= 15 is 0 Å². The Hall–Kier alpha value is -0.610. The molecule has 0 aromatic heterocycles. The summed E-state index contributed by atoms with van der Waals surface area (Å²) in [5.74, 6) is 0. The maximum Gasteiger partial charge on any atom is 0.209 e. The maximum atomic E-state index is 10.2. The number of likely N-dealkylation sites (N-methyl/N-ethyl adjacent to an activating group) is 1. The molecule has 2 heterocycles. The number of carbonyl (C=O) groups is 1. The Kier molecular flexibility index (Phi) is 4.78. The van der Waals surface area contributed by atoms with Crippen LogP contribution in [0.4, 0.5) is 0 Å². The van der Waals surface area contributed by atoms with Crippen LogP contribution in [0.2, 0.25) is 0 Å². The molecule has 4 nitrogen and oxygen atoms in total. The van der Waals surface area contributed by atoms with E-state index in [-0.39, 0.29) is 0 Å². The van der Waals surface area contributed by atoms with Crippen molar-refractivity contribution in [2.45, 2.75) is 6.42 Å². The second kappa shape index (κ2) is 5.94. The highest BCUT2D eigenvalue weighted by Crippen LogP contribution is 1.94. The minimum absolute atomic E-state index is 0.889. The molecule has 0 aliphatic carbocycles. The number of carbonyl (C=O) groups excluding carboxylic acids is 1. The van der Waals surface area contributed by atoms with Gasteiger partial charge in [0.2, 0.25) is 6.41 Å². The Labute approximate surface area is 79.9 Å². The van der Waals surface area contributed by atoms with Gasteiger partial charge in [-0.05, 0) is 26.6 Å². The third-order valence-corrected chi connectivity index (χ3v) is 2.39. The van der Waals surface area contributed by atoms with Gasteiger partial charge in [0, 0.05) is 26.2 Å². The van der Waals surface area contributed by atoms with Gasteiger partial charge in [0.25, 0.3) is 0 Å². The normalized spacial score (nSPS) is 22.7. The van der Waals surface area contributed by atoms with Crippen molar-refractivity contribution in [2.75, 3.05) is 46.3 Å². The van der Waals surface area contributed by atoms with E-state index in [9.17, 15) is 4.79 Å². The van der Waals surface area contributed by atoms with Crippen molar-refractivity contribution in [1.29, 1.82) is 0 Å². The van der Waals surface area contributed by atoms with E-state index in [4.69, 9.17) is 0 Å². The second-order valence-corrected chi connectivity index (χ2v) is 3.55. The Morgan fingerprint density at radius 3 is 1.92 bits per heavy atom. The number of hydrogen-bond donors (Lipinski definition) is 1. The Balaban J connectivity index is 0.000000175. The SMILES string of the molecule is C1CNC1.CN1CCN(C=O)CC1. The number of amides is 1. The molecule has 1 amide bonds. The van der Waals surface area contributed by atoms with Crippen molar-refractivity contribution in [2.24, 2.45) is 0 Å². The first kappa shape index (κ1) is 10.5. The molecule has 13 heavy (non-hydrogen) atoms. The highest BCUT2D eigenvalue weighted by Gasteiger charge is 2.10. The second-order valence-electron chi connectivity index (χ2n) is 3.55. The molecule has 4 heteroatoms. The lowest BCUT2D eigenvalue weighted by Crippen LogP contribution is -2.43. The summed E-state index contributed by atoms with van der Waals surface area (Å²) >= 11 is 0. The van der Waals surface area contributed by atoms with Crippen LogP contribution in [0.5, 0.6) is 0 Å². The highest BCUT2D eigenvalue weighted by atomic mass is 16.1. The van der Waals surface area contributed by atoms with Crippen LogP contribution in [0, 0.1) is 0 Å². The van der Waals surface area contributed by atoms with E-state index in [2.05, 4.69) is 17.3 Å². The predicted molar refractivity (Wildman–Crippen MR) is 52.6 cm³/mol. The van der Waals surface area contributed by atoms with Crippen molar-refractivity contribution in [3.63, 3.8) is 0 Å². The Morgan fingerprint density at radius 1 is 1.15 bits per heavy atom. The molecule has 0 saturated carbocycles. The molecule has 0 radical (unpaired) electrons. The number of rotatable bonds is 1. The molecule has 2 aliphatic rings. The van der Waals surface area contributed by atoms with Gasteiger partial charge in [0.05, 0.1) is 0 Å². The van der Waals surface area contributed by atoms with Crippen LogP contribution >= 0.6 is 0 Å². The molecule has 2 rings (SSSR count). The summed E-state index contributed by atoms with van der Waals surface area (Å²) in [5.41, 5.74) is 0. The van der Waals surface area contributed by atoms with Gasteiger partial charge in [-0.2, -0.15) is 0 Å². The van der Waals surface area contributed by atoms with E-state index in [0.29, 0.717) is 0 Å². The van der Waals surface area contributed by atoms with Gasteiger partial charge >= 0.3 is 0 Å². The van der Waals surface area contributed by atoms with E-state index in [1.807, 2.05) is 0 Å². The third kappa shape index (κ3) is 4.24. The zero-order valence-corrected chi connectivity index (χ0v) is 8.33. The molecule has 2 aliphatic heterocycles. The fourth-order valence-electron chi connectivity index (χ4n) is 1.10. The molecule has 0 atom stereocenters. The minimum atomic E-state index is 0.889. The first-order valence-electron chi connectivity index (χ1n) is 4.91. The molecule has 0 aromatic carbocycles. The summed E-state index contributed by atoms with van der Waals surface area (Å²) in [6.07, 6.45) is 2.31. The number of nitrogens with zero attached hydrogens (tertiary/aromatic N) is 2. The van der Waals surface area contributed by atoms with Gasteiger partial charge in [0.1, 0.15) is 0 Å². The van der Waals surface area contributed by atoms with Crippen LogP contribution in [0.3, 0.4) is 0 Å². The summed E-state index contributed by atoms with van der Waals surface area (Å²) in [7, 11) is 2.07. The summed E-state index contributed by atoms with van der Waals surface area (Å²) in [6.45, 7) is 6.30. The topological polar surface area (TPSA) is 35.6 Å². The number of piperazine rings is 1. The molecule has 2 fully saturated rings. The molecule has 0 aromatic rings.